The Hall–Kier alpha value is -2.75. The number of carbonyl (C=O) groups excluding carboxylic acids is 1. The fraction of sp³-hybridized carbons (Fsp3) is 0.480. The van der Waals surface area contributed by atoms with Gasteiger partial charge < -0.3 is 14.4 Å². The smallest absolute Gasteiger partial charge is 0.258 e. The van der Waals surface area contributed by atoms with Crippen molar-refractivity contribution in [3.63, 3.8) is 0 Å². The van der Waals surface area contributed by atoms with Gasteiger partial charge in [-0.15, -0.1) is 0 Å². The average Bonchev–Trinajstić information content (AvgIpc) is 3.37. The Morgan fingerprint density at radius 2 is 1.94 bits per heavy atom. The number of benzene rings is 1. The van der Waals surface area contributed by atoms with Gasteiger partial charge in [0, 0.05) is 36.6 Å². The molecule has 2 saturated heterocycles. The van der Waals surface area contributed by atoms with Gasteiger partial charge in [-0.3, -0.25) is 9.69 Å². The summed E-state index contributed by atoms with van der Waals surface area (Å²) in [6.07, 6.45) is 1.45. The molecule has 1 aromatic carbocycles. The van der Waals surface area contributed by atoms with Gasteiger partial charge in [0.05, 0.1) is 54.0 Å². The maximum Gasteiger partial charge on any atom is 0.258 e. The molecule has 184 valence electrons. The van der Waals surface area contributed by atoms with Crippen LogP contribution >= 0.6 is 11.6 Å². The molecule has 0 unspecified atom stereocenters. The highest BCUT2D eigenvalue weighted by atomic mass is 35.5. The molecule has 10 heteroatoms. The number of nitrogens with zero attached hydrogens (tertiary/aromatic N) is 5. The number of amides is 1. The van der Waals surface area contributed by atoms with E-state index in [0.29, 0.717) is 48.3 Å². The fourth-order valence-corrected chi connectivity index (χ4v) is 5.64. The van der Waals surface area contributed by atoms with Crippen molar-refractivity contribution in [1.29, 1.82) is 0 Å². The SMILES string of the molecule is Cc1nc2c3c(nn2c(C)c1Cl)CN(C(=O)c1ccc(F)cc1O[C@H]1C[C@H]2COC[C@@H](C1)N2C)C3. The fourth-order valence-electron chi connectivity index (χ4n) is 5.52. The highest BCUT2D eigenvalue weighted by molar-refractivity contribution is 6.31. The molecule has 5 heterocycles. The number of fused-ring (bicyclic) bond motifs is 5. The van der Waals surface area contributed by atoms with Crippen molar-refractivity contribution in [2.75, 3.05) is 20.3 Å². The minimum Gasteiger partial charge on any atom is -0.489 e. The summed E-state index contributed by atoms with van der Waals surface area (Å²) in [6.45, 7) is 5.80. The van der Waals surface area contributed by atoms with Crippen LogP contribution < -0.4 is 4.74 Å². The molecular formula is C25H27ClFN5O3. The average molecular weight is 500 g/mol. The molecule has 2 bridgehead atoms. The van der Waals surface area contributed by atoms with Gasteiger partial charge in [0.25, 0.3) is 5.91 Å². The third-order valence-corrected chi connectivity index (χ3v) is 8.10. The Kier molecular flexibility index (Phi) is 5.47. The zero-order valence-electron chi connectivity index (χ0n) is 19.9. The molecular weight excluding hydrogens is 473 g/mol. The normalized spacial score (nSPS) is 24.1. The van der Waals surface area contributed by atoms with E-state index < -0.39 is 5.82 Å². The number of morpholine rings is 1. The number of aromatic nitrogens is 3. The molecule has 35 heavy (non-hydrogen) atoms. The van der Waals surface area contributed by atoms with E-state index in [1.54, 1.807) is 9.42 Å². The highest BCUT2D eigenvalue weighted by Crippen LogP contribution is 2.34. The first-order chi connectivity index (χ1) is 16.8. The molecule has 2 aromatic heterocycles. The summed E-state index contributed by atoms with van der Waals surface area (Å²) in [5, 5.41) is 5.25. The molecule has 8 nitrogen and oxygen atoms in total. The zero-order chi connectivity index (χ0) is 24.4. The van der Waals surface area contributed by atoms with Gasteiger partial charge in [-0.2, -0.15) is 5.10 Å². The van der Waals surface area contributed by atoms with Gasteiger partial charge in [0.15, 0.2) is 5.65 Å². The van der Waals surface area contributed by atoms with Gasteiger partial charge in [0.1, 0.15) is 17.7 Å². The zero-order valence-corrected chi connectivity index (χ0v) is 20.7. The topological polar surface area (TPSA) is 72.2 Å². The van der Waals surface area contributed by atoms with Crippen molar-refractivity contribution in [2.24, 2.45) is 0 Å². The van der Waals surface area contributed by atoms with Crippen molar-refractivity contribution in [1.82, 2.24) is 24.4 Å². The first-order valence-electron chi connectivity index (χ1n) is 11.9. The van der Waals surface area contributed by atoms with Crippen molar-refractivity contribution < 1.29 is 18.7 Å². The number of aryl methyl sites for hydroxylation is 2. The lowest BCUT2D eigenvalue weighted by molar-refractivity contribution is -0.0880. The van der Waals surface area contributed by atoms with Crippen LogP contribution in [0.1, 0.15) is 45.8 Å². The first-order valence-corrected chi connectivity index (χ1v) is 12.3. The summed E-state index contributed by atoms with van der Waals surface area (Å²) >= 11 is 6.35. The number of halogens is 2. The van der Waals surface area contributed by atoms with Crippen molar-refractivity contribution in [2.45, 2.75) is 58.0 Å². The van der Waals surface area contributed by atoms with E-state index in [1.165, 1.54) is 18.2 Å². The largest absolute Gasteiger partial charge is 0.489 e. The van der Waals surface area contributed by atoms with E-state index in [4.69, 9.17) is 21.1 Å². The number of piperidine rings is 1. The third-order valence-electron chi connectivity index (χ3n) is 7.55. The van der Waals surface area contributed by atoms with Crippen LogP contribution in [-0.4, -0.2) is 68.8 Å². The van der Waals surface area contributed by atoms with E-state index in [0.717, 1.165) is 35.5 Å². The monoisotopic (exact) mass is 499 g/mol. The van der Waals surface area contributed by atoms with E-state index in [2.05, 4.69) is 22.0 Å². The molecule has 2 fully saturated rings. The van der Waals surface area contributed by atoms with Crippen molar-refractivity contribution in [3.05, 3.63) is 57.2 Å². The lowest BCUT2D eigenvalue weighted by Crippen LogP contribution is -2.57. The molecule has 0 saturated carbocycles. The summed E-state index contributed by atoms with van der Waals surface area (Å²) in [5.74, 6) is -0.351. The molecule has 0 aliphatic carbocycles. The van der Waals surface area contributed by atoms with Crippen LogP contribution in [0.3, 0.4) is 0 Å². The standard InChI is InChI=1S/C25H27ClFN5O3/c1-13-23(26)14(2)32-24(28-13)20-9-31(10-21(20)29-32)25(33)19-5-4-15(27)6-22(19)35-18-7-16-11-34-12-17(8-18)30(16)3/h4-6,16-18H,7-12H2,1-3H3/t16-,17+,18-. The van der Waals surface area contributed by atoms with Gasteiger partial charge in [-0.05, 0) is 33.0 Å². The Morgan fingerprint density at radius 3 is 2.69 bits per heavy atom. The number of rotatable bonds is 3. The van der Waals surface area contributed by atoms with E-state index >= 15 is 0 Å². The minimum absolute atomic E-state index is 0.0988. The van der Waals surface area contributed by atoms with Crippen LogP contribution in [-0.2, 0) is 17.8 Å². The van der Waals surface area contributed by atoms with Crippen molar-refractivity contribution in [3.8, 4) is 5.75 Å². The van der Waals surface area contributed by atoms with Crippen LogP contribution in [0.5, 0.6) is 5.75 Å². The van der Waals surface area contributed by atoms with Crippen LogP contribution in [0.4, 0.5) is 4.39 Å². The molecule has 1 amide bonds. The van der Waals surface area contributed by atoms with Gasteiger partial charge >= 0.3 is 0 Å². The number of hydrogen-bond acceptors (Lipinski definition) is 6. The predicted octanol–water partition coefficient (Wildman–Crippen LogP) is 3.54. The Bertz CT molecular complexity index is 1330. The summed E-state index contributed by atoms with van der Waals surface area (Å²) in [6, 6.07) is 4.67. The Labute approximate surface area is 207 Å². The van der Waals surface area contributed by atoms with Crippen LogP contribution in [0, 0.1) is 19.7 Å². The van der Waals surface area contributed by atoms with Gasteiger partial charge in [-0.25, -0.2) is 13.9 Å². The summed E-state index contributed by atoms with van der Waals surface area (Å²) < 4.78 is 27.9. The molecule has 3 atom stereocenters. The second kappa shape index (κ2) is 8.43. The third kappa shape index (κ3) is 3.77. The van der Waals surface area contributed by atoms with Gasteiger partial charge in [-0.1, -0.05) is 11.6 Å². The second-order valence-corrected chi connectivity index (χ2v) is 10.2. The number of ether oxygens (including phenoxy) is 2. The molecule has 6 rings (SSSR count). The summed E-state index contributed by atoms with van der Waals surface area (Å²) in [7, 11) is 2.11. The molecule has 3 aliphatic heterocycles. The van der Waals surface area contributed by atoms with Crippen LogP contribution in [0.2, 0.25) is 5.02 Å². The highest BCUT2D eigenvalue weighted by Gasteiger charge is 2.38. The second-order valence-electron chi connectivity index (χ2n) is 9.78. The Balaban J connectivity index is 1.25. The lowest BCUT2D eigenvalue weighted by atomic mass is 9.92. The lowest BCUT2D eigenvalue weighted by Gasteiger charge is -2.46. The molecule has 0 radical (unpaired) electrons. The number of likely N-dealkylation sites (N-methyl/N-ethyl adjacent to an activating group) is 1. The summed E-state index contributed by atoms with van der Waals surface area (Å²) in [4.78, 5) is 22.2. The predicted molar refractivity (Wildman–Crippen MR) is 127 cm³/mol. The number of carbonyl (C=O) groups is 1. The van der Waals surface area contributed by atoms with E-state index in [-0.39, 0.29) is 24.1 Å². The number of hydrogen-bond donors (Lipinski definition) is 0. The quantitative estimate of drug-likeness (QED) is 0.549. The molecule has 0 N–H and O–H groups in total. The van der Waals surface area contributed by atoms with E-state index in [1.807, 2.05) is 13.8 Å². The first kappa shape index (κ1) is 22.7. The minimum atomic E-state index is -0.428. The van der Waals surface area contributed by atoms with Crippen molar-refractivity contribution >= 4 is 23.2 Å². The maximum absolute atomic E-state index is 14.2. The Morgan fingerprint density at radius 1 is 1.20 bits per heavy atom. The van der Waals surface area contributed by atoms with E-state index in [9.17, 15) is 9.18 Å². The van der Waals surface area contributed by atoms with Crippen LogP contribution in [0.15, 0.2) is 18.2 Å². The van der Waals surface area contributed by atoms with Gasteiger partial charge in [0.2, 0.25) is 0 Å². The summed E-state index contributed by atoms with van der Waals surface area (Å²) in [5.41, 5.74) is 4.33. The maximum atomic E-state index is 14.2. The van der Waals surface area contributed by atoms with Crippen LogP contribution in [0.25, 0.3) is 5.65 Å². The molecule has 3 aliphatic rings. The molecule has 0 spiro atoms. The molecule has 3 aromatic rings.